The number of anilines is 2. The summed E-state index contributed by atoms with van der Waals surface area (Å²) >= 11 is 1.21. The molecule has 0 aliphatic heterocycles. The molecule has 0 bridgehead atoms. The van der Waals surface area contributed by atoms with Crippen molar-refractivity contribution in [2.45, 2.75) is 12.1 Å². The largest absolute Gasteiger partial charge is 0.465 e. The molecule has 3 rings (SSSR count). The Kier molecular flexibility index (Phi) is 5.45. The molecule has 0 spiro atoms. The van der Waals surface area contributed by atoms with E-state index < -0.39 is 0 Å². The highest BCUT2D eigenvalue weighted by atomic mass is 32.2. The summed E-state index contributed by atoms with van der Waals surface area (Å²) in [6, 6.07) is 13.6. The van der Waals surface area contributed by atoms with Crippen LogP contribution in [-0.2, 0) is 9.53 Å². The standard InChI is InChI=1S/C18H16FN3O2S/c1-2-24-16(23)11-25-18-21-15-6-4-3-5-14(15)17(22-18)20-13-9-7-12(19)8-10-13/h3-10H,2,11H2,1H3,(H,20,21,22). The van der Waals surface area contributed by atoms with Crippen LogP contribution in [0.1, 0.15) is 6.92 Å². The second kappa shape index (κ2) is 7.94. The van der Waals surface area contributed by atoms with Crippen molar-refractivity contribution in [2.24, 2.45) is 0 Å². The molecule has 1 aromatic heterocycles. The number of carbonyl (C=O) groups excluding carboxylic acids is 1. The molecule has 128 valence electrons. The first-order valence-corrected chi connectivity index (χ1v) is 8.72. The van der Waals surface area contributed by atoms with Crippen molar-refractivity contribution in [3.8, 4) is 0 Å². The number of nitrogens with one attached hydrogen (secondary N) is 1. The lowest BCUT2D eigenvalue weighted by molar-refractivity contribution is -0.139. The molecule has 0 aliphatic carbocycles. The van der Waals surface area contributed by atoms with Crippen LogP contribution in [0.4, 0.5) is 15.9 Å². The fourth-order valence-corrected chi connectivity index (χ4v) is 2.86. The van der Waals surface area contributed by atoms with E-state index in [-0.39, 0.29) is 17.5 Å². The Morgan fingerprint density at radius 2 is 1.92 bits per heavy atom. The van der Waals surface area contributed by atoms with Gasteiger partial charge in [-0.2, -0.15) is 0 Å². The maximum atomic E-state index is 13.1. The second-order valence-corrected chi connectivity index (χ2v) is 6.04. The van der Waals surface area contributed by atoms with E-state index in [1.165, 1.54) is 23.9 Å². The zero-order chi connectivity index (χ0) is 17.6. The Labute approximate surface area is 148 Å². The molecule has 0 aliphatic rings. The van der Waals surface area contributed by atoms with Crippen molar-refractivity contribution in [2.75, 3.05) is 17.7 Å². The molecule has 5 nitrogen and oxygen atoms in total. The van der Waals surface area contributed by atoms with Gasteiger partial charge in [-0.15, -0.1) is 0 Å². The summed E-state index contributed by atoms with van der Waals surface area (Å²) in [5.41, 5.74) is 1.47. The van der Waals surface area contributed by atoms with Gasteiger partial charge < -0.3 is 10.1 Å². The van der Waals surface area contributed by atoms with E-state index in [0.717, 1.165) is 10.9 Å². The van der Waals surface area contributed by atoms with Gasteiger partial charge in [0.1, 0.15) is 11.6 Å². The van der Waals surface area contributed by atoms with Gasteiger partial charge in [0.2, 0.25) is 0 Å². The van der Waals surface area contributed by atoms with Crippen LogP contribution in [0.15, 0.2) is 53.7 Å². The van der Waals surface area contributed by atoms with Crippen LogP contribution < -0.4 is 5.32 Å². The molecule has 0 radical (unpaired) electrons. The number of thioether (sulfide) groups is 1. The lowest BCUT2D eigenvalue weighted by Gasteiger charge is -2.10. The molecule has 0 atom stereocenters. The second-order valence-electron chi connectivity index (χ2n) is 5.10. The summed E-state index contributed by atoms with van der Waals surface area (Å²) in [7, 11) is 0. The predicted octanol–water partition coefficient (Wildman–Crippen LogP) is 4.17. The van der Waals surface area contributed by atoms with Gasteiger partial charge in [-0.3, -0.25) is 4.79 Å². The van der Waals surface area contributed by atoms with Gasteiger partial charge in [-0.1, -0.05) is 23.9 Å². The highest BCUT2D eigenvalue weighted by Crippen LogP contribution is 2.27. The number of hydrogen-bond acceptors (Lipinski definition) is 6. The topological polar surface area (TPSA) is 64.1 Å². The summed E-state index contributed by atoms with van der Waals surface area (Å²) in [5.74, 6) is 0.131. The van der Waals surface area contributed by atoms with Crippen LogP contribution in [0, 0.1) is 5.82 Å². The Morgan fingerprint density at radius 1 is 1.16 bits per heavy atom. The monoisotopic (exact) mass is 357 g/mol. The zero-order valence-corrected chi connectivity index (χ0v) is 14.3. The number of esters is 1. The van der Waals surface area contributed by atoms with E-state index in [0.29, 0.717) is 23.3 Å². The average Bonchev–Trinajstić information content (AvgIpc) is 2.62. The quantitative estimate of drug-likeness (QED) is 0.406. The summed E-state index contributed by atoms with van der Waals surface area (Å²) in [5, 5.41) is 4.49. The first kappa shape index (κ1) is 17.2. The average molecular weight is 357 g/mol. The Morgan fingerprint density at radius 3 is 2.68 bits per heavy atom. The highest BCUT2D eigenvalue weighted by Gasteiger charge is 2.11. The van der Waals surface area contributed by atoms with Gasteiger partial charge in [-0.25, -0.2) is 14.4 Å². The molecule has 0 amide bonds. The maximum Gasteiger partial charge on any atom is 0.316 e. The van der Waals surface area contributed by atoms with Crippen LogP contribution in [0.25, 0.3) is 10.9 Å². The molecular weight excluding hydrogens is 341 g/mol. The number of carbonyl (C=O) groups is 1. The number of ether oxygens (including phenoxy) is 1. The Bertz CT molecular complexity index is 887. The van der Waals surface area contributed by atoms with Crippen molar-refractivity contribution >= 4 is 40.1 Å². The first-order valence-electron chi connectivity index (χ1n) is 7.73. The van der Waals surface area contributed by atoms with Crippen LogP contribution in [0.5, 0.6) is 0 Å². The molecule has 0 fully saturated rings. The number of para-hydroxylation sites is 1. The van der Waals surface area contributed by atoms with Gasteiger partial charge in [0.25, 0.3) is 0 Å². The van der Waals surface area contributed by atoms with Crippen molar-refractivity contribution < 1.29 is 13.9 Å². The number of halogens is 1. The number of nitrogens with zero attached hydrogens (tertiary/aromatic N) is 2. The van der Waals surface area contributed by atoms with Crippen molar-refractivity contribution in [3.05, 3.63) is 54.3 Å². The minimum Gasteiger partial charge on any atom is -0.465 e. The van der Waals surface area contributed by atoms with E-state index in [1.807, 2.05) is 24.3 Å². The van der Waals surface area contributed by atoms with E-state index in [9.17, 15) is 9.18 Å². The van der Waals surface area contributed by atoms with Crippen molar-refractivity contribution in [1.29, 1.82) is 0 Å². The third kappa shape index (κ3) is 4.45. The zero-order valence-electron chi connectivity index (χ0n) is 13.5. The van der Waals surface area contributed by atoms with Crippen LogP contribution >= 0.6 is 11.8 Å². The minimum atomic E-state index is -0.308. The van der Waals surface area contributed by atoms with Gasteiger partial charge >= 0.3 is 5.97 Å². The van der Waals surface area contributed by atoms with E-state index in [1.54, 1.807) is 19.1 Å². The normalized spacial score (nSPS) is 10.6. The molecule has 1 heterocycles. The molecule has 2 aromatic carbocycles. The molecule has 1 N–H and O–H groups in total. The van der Waals surface area contributed by atoms with E-state index >= 15 is 0 Å². The minimum absolute atomic E-state index is 0.141. The van der Waals surface area contributed by atoms with Gasteiger partial charge in [-0.05, 0) is 43.3 Å². The summed E-state index contributed by atoms with van der Waals surface area (Å²) < 4.78 is 18.0. The number of aromatic nitrogens is 2. The molecule has 0 saturated carbocycles. The summed E-state index contributed by atoms with van der Waals surface area (Å²) in [4.78, 5) is 20.5. The number of rotatable bonds is 6. The molecule has 0 unspecified atom stereocenters. The number of benzene rings is 2. The summed E-state index contributed by atoms with van der Waals surface area (Å²) in [6.07, 6.45) is 0. The van der Waals surface area contributed by atoms with Crippen LogP contribution in [-0.4, -0.2) is 28.3 Å². The van der Waals surface area contributed by atoms with Crippen molar-refractivity contribution in [3.63, 3.8) is 0 Å². The molecular formula is C18H16FN3O2S. The predicted molar refractivity (Wildman–Crippen MR) is 96.6 cm³/mol. The Hall–Kier alpha value is -2.67. The summed E-state index contributed by atoms with van der Waals surface area (Å²) in [6.45, 7) is 2.11. The fourth-order valence-electron chi connectivity index (χ4n) is 2.21. The maximum absolute atomic E-state index is 13.1. The number of fused-ring (bicyclic) bond motifs is 1. The molecule has 3 aromatic rings. The SMILES string of the molecule is CCOC(=O)CSc1nc(Nc2ccc(F)cc2)c2ccccc2n1. The van der Waals surface area contributed by atoms with Crippen molar-refractivity contribution in [1.82, 2.24) is 9.97 Å². The number of hydrogen-bond donors (Lipinski definition) is 1. The van der Waals surface area contributed by atoms with Gasteiger partial charge in [0.15, 0.2) is 5.16 Å². The molecule has 7 heteroatoms. The lowest BCUT2D eigenvalue weighted by Crippen LogP contribution is -2.07. The van der Waals surface area contributed by atoms with E-state index in [4.69, 9.17) is 4.74 Å². The van der Waals surface area contributed by atoms with Crippen LogP contribution in [0.3, 0.4) is 0 Å². The first-order chi connectivity index (χ1) is 12.2. The fraction of sp³-hybridized carbons (Fsp3) is 0.167. The van der Waals surface area contributed by atoms with Crippen LogP contribution in [0.2, 0.25) is 0 Å². The van der Waals surface area contributed by atoms with Gasteiger partial charge in [0.05, 0.1) is 17.9 Å². The third-order valence-electron chi connectivity index (χ3n) is 3.31. The van der Waals surface area contributed by atoms with E-state index in [2.05, 4.69) is 15.3 Å². The molecule has 0 saturated heterocycles. The smallest absolute Gasteiger partial charge is 0.316 e. The van der Waals surface area contributed by atoms with Gasteiger partial charge in [0, 0.05) is 11.1 Å². The highest BCUT2D eigenvalue weighted by molar-refractivity contribution is 7.99. The molecule has 25 heavy (non-hydrogen) atoms. The lowest BCUT2D eigenvalue weighted by atomic mass is 10.2. The third-order valence-corrected chi connectivity index (χ3v) is 4.13. The Balaban J connectivity index is 1.89.